The van der Waals surface area contributed by atoms with E-state index in [1.165, 1.54) is 23.1 Å². The number of hydrogen-bond donors (Lipinski definition) is 4. The number of sulfonamides is 1. The maximum Gasteiger partial charge on any atom is 0.276 e. The lowest BCUT2D eigenvalue weighted by Gasteiger charge is -2.15. The summed E-state index contributed by atoms with van der Waals surface area (Å²) in [5.41, 5.74) is -2.03. The van der Waals surface area contributed by atoms with Crippen molar-refractivity contribution in [3.05, 3.63) is 88.9 Å². The fraction of sp³-hybridized carbons (Fsp3) is 0.148. The molecule has 6 rings (SSSR count). The van der Waals surface area contributed by atoms with E-state index in [0.29, 0.717) is 5.69 Å². The van der Waals surface area contributed by atoms with Gasteiger partial charge in [0.15, 0.2) is 17.3 Å². The molecule has 0 fully saturated rings. The molecule has 0 spiro atoms. The van der Waals surface area contributed by atoms with Gasteiger partial charge in [0, 0.05) is 24.2 Å². The van der Waals surface area contributed by atoms with Crippen molar-refractivity contribution in [1.29, 1.82) is 0 Å². The van der Waals surface area contributed by atoms with Gasteiger partial charge in [0.25, 0.3) is 15.9 Å². The molecular formula is C27H20F4N6O4S. The number of aliphatic hydroxyl groups is 1. The highest BCUT2D eigenvalue weighted by atomic mass is 32.2. The number of benzene rings is 3. The Balaban J connectivity index is 1.37. The molecule has 1 amide bonds. The van der Waals surface area contributed by atoms with Crippen LogP contribution in [0, 0.1) is 23.3 Å². The smallest absolute Gasteiger partial charge is 0.276 e. The first-order valence-corrected chi connectivity index (χ1v) is 13.9. The highest BCUT2D eigenvalue weighted by Crippen LogP contribution is 2.39. The van der Waals surface area contributed by atoms with Crippen LogP contribution in [0.25, 0.3) is 22.0 Å². The van der Waals surface area contributed by atoms with Gasteiger partial charge in [-0.15, -0.1) is 0 Å². The molecule has 4 N–H and O–H groups in total. The second kappa shape index (κ2) is 9.95. The molecule has 10 nitrogen and oxygen atoms in total. The van der Waals surface area contributed by atoms with E-state index in [0.717, 1.165) is 30.3 Å². The minimum atomic E-state index is -4.62. The topological polar surface area (TPSA) is 142 Å². The Morgan fingerprint density at radius 2 is 1.90 bits per heavy atom. The standard InChI is InChI=1S/C27H20F4N6O4S/c1-37-11-13(10-32-37)33-27(39)26-16-3-2-15(23(30)25(16)34-35-26)22-18(29)5-6-19(24(22)31)36-42(40,41)21-9-12(28)8-17-14(21)4-7-20(17)38/h2-3,5-6,8-11,20,36,38H,4,7H2,1H3,(H,33,39)(H,34,35). The predicted molar refractivity (Wildman–Crippen MR) is 143 cm³/mol. The first-order chi connectivity index (χ1) is 19.9. The van der Waals surface area contributed by atoms with E-state index >= 15 is 8.78 Å². The molecule has 2 heterocycles. The number of nitrogens with zero attached hydrogens (tertiary/aromatic N) is 3. The third-order valence-corrected chi connectivity index (χ3v) is 8.42. The van der Waals surface area contributed by atoms with Crippen LogP contribution in [0.5, 0.6) is 0 Å². The number of aryl methyl sites for hydroxylation is 1. The van der Waals surface area contributed by atoms with Crippen LogP contribution in [-0.4, -0.2) is 39.4 Å². The Hall–Kier alpha value is -4.76. The number of hydrogen-bond acceptors (Lipinski definition) is 6. The Bertz CT molecular complexity index is 2020. The molecule has 1 aliphatic rings. The van der Waals surface area contributed by atoms with Crippen LogP contribution >= 0.6 is 0 Å². The molecule has 1 unspecified atom stereocenters. The van der Waals surface area contributed by atoms with Crippen molar-refractivity contribution in [3.63, 3.8) is 0 Å². The normalized spacial score (nSPS) is 14.8. The molecule has 0 aliphatic heterocycles. The van der Waals surface area contributed by atoms with Crippen molar-refractivity contribution in [2.75, 3.05) is 10.0 Å². The lowest BCUT2D eigenvalue weighted by molar-refractivity contribution is 0.102. The molecule has 1 atom stereocenters. The van der Waals surface area contributed by atoms with Gasteiger partial charge in [0.2, 0.25) is 0 Å². The van der Waals surface area contributed by atoms with E-state index in [1.54, 1.807) is 7.05 Å². The van der Waals surface area contributed by atoms with Gasteiger partial charge < -0.3 is 10.4 Å². The molecule has 2 aromatic heterocycles. The summed E-state index contributed by atoms with van der Waals surface area (Å²) in [6.07, 6.45) is 2.19. The number of rotatable bonds is 6. The number of H-pyrrole nitrogens is 1. The van der Waals surface area contributed by atoms with Gasteiger partial charge in [-0.2, -0.15) is 10.2 Å². The van der Waals surface area contributed by atoms with E-state index in [9.17, 15) is 27.1 Å². The summed E-state index contributed by atoms with van der Waals surface area (Å²) >= 11 is 0. The number of fused-ring (bicyclic) bond motifs is 2. The number of nitrogens with one attached hydrogen (secondary N) is 3. The SMILES string of the molecule is Cn1cc(NC(=O)c2n[nH]c3c(F)c(-c4c(F)ccc(NS(=O)(=O)c5cc(F)cc6c5CCC6O)c4F)ccc23)cn1. The summed E-state index contributed by atoms with van der Waals surface area (Å²) < 4.78 is 90.3. The van der Waals surface area contributed by atoms with Gasteiger partial charge in [-0.05, 0) is 54.3 Å². The Labute approximate surface area is 235 Å². The van der Waals surface area contributed by atoms with Crippen molar-refractivity contribution >= 4 is 38.2 Å². The van der Waals surface area contributed by atoms with E-state index < -0.39 is 67.0 Å². The molecule has 0 saturated heterocycles. The van der Waals surface area contributed by atoms with Gasteiger partial charge in [0.1, 0.15) is 17.2 Å². The maximum atomic E-state index is 15.7. The maximum absolute atomic E-state index is 15.7. The van der Waals surface area contributed by atoms with Crippen LogP contribution < -0.4 is 10.0 Å². The number of carbonyl (C=O) groups is 1. The molecule has 3 aromatic carbocycles. The fourth-order valence-corrected chi connectivity index (χ4v) is 6.42. The summed E-state index contributed by atoms with van der Waals surface area (Å²) in [5, 5.41) is 22.8. The number of halogens is 4. The third kappa shape index (κ3) is 4.55. The number of amides is 1. The fourth-order valence-electron chi connectivity index (χ4n) is 5.05. The largest absolute Gasteiger partial charge is 0.388 e. The molecular weight excluding hydrogens is 580 g/mol. The van der Waals surface area contributed by atoms with Crippen LogP contribution in [0.3, 0.4) is 0 Å². The van der Waals surface area contributed by atoms with Gasteiger partial charge in [0.05, 0.1) is 34.1 Å². The highest BCUT2D eigenvalue weighted by molar-refractivity contribution is 7.92. The van der Waals surface area contributed by atoms with Crippen molar-refractivity contribution < 1.29 is 35.9 Å². The predicted octanol–water partition coefficient (Wildman–Crippen LogP) is 4.55. The molecule has 1 aliphatic carbocycles. The molecule has 216 valence electrons. The molecule has 15 heteroatoms. The number of aliphatic hydroxyl groups excluding tert-OH is 1. The summed E-state index contributed by atoms with van der Waals surface area (Å²) in [6.45, 7) is 0. The second-order valence-corrected chi connectivity index (χ2v) is 11.3. The number of anilines is 2. The lowest BCUT2D eigenvalue weighted by Crippen LogP contribution is -2.17. The number of aromatic nitrogens is 4. The zero-order valence-electron chi connectivity index (χ0n) is 21.5. The third-order valence-electron chi connectivity index (χ3n) is 6.98. The zero-order chi connectivity index (χ0) is 29.9. The van der Waals surface area contributed by atoms with Crippen molar-refractivity contribution in [2.24, 2.45) is 7.05 Å². The van der Waals surface area contributed by atoms with Crippen molar-refractivity contribution in [1.82, 2.24) is 20.0 Å². The van der Waals surface area contributed by atoms with Crippen LogP contribution in [0.15, 0.2) is 53.7 Å². The summed E-state index contributed by atoms with van der Waals surface area (Å²) in [5.74, 6) is -5.38. The second-order valence-electron chi connectivity index (χ2n) is 9.69. The summed E-state index contributed by atoms with van der Waals surface area (Å²) in [6, 6.07) is 5.62. The minimum Gasteiger partial charge on any atom is -0.388 e. The highest BCUT2D eigenvalue weighted by Gasteiger charge is 2.31. The Kier molecular flexibility index (Phi) is 6.50. The first kappa shape index (κ1) is 27.4. The Morgan fingerprint density at radius 1 is 1.12 bits per heavy atom. The van der Waals surface area contributed by atoms with Gasteiger partial charge >= 0.3 is 0 Å². The minimum absolute atomic E-state index is 0.0254. The van der Waals surface area contributed by atoms with Crippen LogP contribution in [0.1, 0.15) is 34.1 Å². The van der Waals surface area contributed by atoms with Crippen LogP contribution in [0.4, 0.5) is 28.9 Å². The molecule has 0 radical (unpaired) electrons. The van der Waals surface area contributed by atoms with Gasteiger partial charge in [-0.25, -0.2) is 26.0 Å². The lowest BCUT2D eigenvalue weighted by atomic mass is 10.0. The molecule has 0 saturated carbocycles. The van der Waals surface area contributed by atoms with Crippen molar-refractivity contribution in [3.8, 4) is 11.1 Å². The van der Waals surface area contributed by atoms with Gasteiger partial charge in [-0.3, -0.25) is 19.3 Å². The Morgan fingerprint density at radius 3 is 2.64 bits per heavy atom. The number of aromatic amines is 1. The average molecular weight is 601 g/mol. The van der Waals surface area contributed by atoms with E-state index in [1.807, 2.05) is 4.72 Å². The number of carbonyl (C=O) groups excluding carboxylic acids is 1. The average Bonchev–Trinajstić information content (AvgIpc) is 3.65. The monoisotopic (exact) mass is 600 g/mol. The molecule has 42 heavy (non-hydrogen) atoms. The van der Waals surface area contributed by atoms with Crippen molar-refractivity contribution in [2.45, 2.75) is 23.8 Å². The molecule has 0 bridgehead atoms. The van der Waals surface area contributed by atoms with E-state index in [2.05, 4.69) is 20.6 Å². The van der Waals surface area contributed by atoms with Gasteiger partial charge in [-0.1, -0.05) is 6.07 Å². The van der Waals surface area contributed by atoms with Crippen LogP contribution in [-0.2, 0) is 23.5 Å². The van der Waals surface area contributed by atoms with Crippen LogP contribution in [0.2, 0.25) is 0 Å². The first-order valence-electron chi connectivity index (χ1n) is 12.4. The summed E-state index contributed by atoms with van der Waals surface area (Å²) in [7, 11) is -2.97. The van der Waals surface area contributed by atoms with E-state index in [4.69, 9.17) is 0 Å². The quantitative estimate of drug-likeness (QED) is 0.211. The zero-order valence-corrected chi connectivity index (χ0v) is 22.4. The van der Waals surface area contributed by atoms with E-state index in [-0.39, 0.29) is 40.6 Å². The molecule has 5 aromatic rings. The summed E-state index contributed by atoms with van der Waals surface area (Å²) in [4.78, 5) is 12.2.